The van der Waals surface area contributed by atoms with Gasteiger partial charge in [-0.3, -0.25) is 0 Å². The first-order valence-electron chi connectivity index (χ1n) is 11.5. The molecule has 3 aromatic rings. The Bertz CT molecular complexity index is 1030. The average molecular weight is 612 g/mol. The van der Waals surface area contributed by atoms with Crippen LogP contribution in [0.3, 0.4) is 0 Å². The van der Waals surface area contributed by atoms with E-state index >= 15 is 0 Å². The molecule has 7 heteroatoms. The number of phenols is 1. The van der Waals surface area contributed by atoms with Gasteiger partial charge in [0.05, 0.1) is 5.02 Å². The first-order chi connectivity index (χ1) is 16.8. The number of rotatable bonds is 4. The van der Waals surface area contributed by atoms with Crippen LogP contribution >= 0.6 is 52.0 Å². The molecule has 3 rings (SSSR count). The van der Waals surface area contributed by atoms with Crippen LogP contribution in [-0.4, -0.2) is 20.3 Å². The lowest BCUT2D eigenvalue weighted by Gasteiger charge is -2.08. The molecule has 3 aromatic carbocycles. The highest BCUT2D eigenvalue weighted by atomic mass is 79.9. The summed E-state index contributed by atoms with van der Waals surface area (Å²) in [4.78, 5) is 0. The summed E-state index contributed by atoms with van der Waals surface area (Å²) in [6.07, 6.45) is 0. The molecule has 0 amide bonds. The molecule has 0 unspecified atom stereocenters. The van der Waals surface area contributed by atoms with Crippen molar-refractivity contribution in [1.82, 2.24) is 0 Å². The minimum absolute atomic E-state index is 0.0457. The first-order valence-corrected chi connectivity index (χ1v) is 13.5. The van der Waals surface area contributed by atoms with Gasteiger partial charge in [0, 0.05) is 15.6 Å². The second kappa shape index (κ2) is 19.2. The minimum Gasteiger partial charge on any atom is -0.508 e. The molecular weight excluding hydrogens is 576 g/mol. The number of thiocarbonyl (C=S) groups is 2. The molecule has 0 fully saturated rings. The Morgan fingerprint density at radius 2 is 1.33 bits per heavy atom. The summed E-state index contributed by atoms with van der Waals surface area (Å²) in [6, 6.07) is 21.2. The van der Waals surface area contributed by atoms with E-state index in [0.29, 0.717) is 22.2 Å². The highest BCUT2D eigenvalue weighted by molar-refractivity contribution is 9.10. The highest BCUT2D eigenvalue weighted by Crippen LogP contribution is 2.23. The van der Waals surface area contributed by atoms with Crippen LogP contribution in [0.15, 0.2) is 77.3 Å². The Hall–Kier alpha value is -1.99. The van der Waals surface area contributed by atoms with E-state index < -0.39 is 0 Å². The van der Waals surface area contributed by atoms with Gasteiger partial charge in [-0.1, -0.05) is 89.5 Å². The summed E-state index contributed by atoms with van der Waals surface area (Å²) in [5, 5.41) is 18.9. The Kier molecular flexibility index (Phi) is 18.1. The number of hydrogen-bond acceptors (Lipinski definition) is 4. The van der Waals surface area contributed by atoms with Crippen molar-refractivity contribution >= 4 is 62.1 Å². The fourth-order valence-electron chi connectivity index (χ4n) is 2.04. The third kappa shape index (κ3) is 17.4. The van der Waals surface area contributed by atoms with Crippen molar-refractivity contribution < 1.29 is 14.9 Å². The highest BCUT2D eigenvalue weighted by Gasteiger charge is 2.04. The lowest BCUT2D eigenvalue weighted by atomic mass is 10.2. The number of hydrogen-bond donors (Lipinski definition) is 2. The van der Waals surface area contributed by atoms with E-state index in [4.69, 9.17) is 33.7 Å². The van der Waals surface area contributed by atoms with Gasteiger partial charge in [-0.15, -0.1) is 0 Å². The topological polar surface area (TPSA) is 49.7 Å². The summed E-state index contributed by atoms with van der Waals surface area (Å²) in [5.74, 6) is 1.87. The molecule has 0 aliphatic carbocycles. The SMILES string of the molecule is CC(C)C.CC(C)C.OC(=S)c1ccccc1.Oc1ccc(C(=S)OCc2ccc(Br)c(Cl)c2)cc1. The maximum atomic E-state index is 9.20. The number of phenolic OH excluding ortho intramolecular Hbond substituents is 1. The van der Waals surface area contributed by atoms with E-state index in [0.717, 1.165) is 27.4 Å². The molecule has 2 N–H and O–H groups in total. The number of benzene rings is 3. The van der Waals surface area contributed by atoms with Gasteiger partial charge in [0.1, 0.15) is 12.4 Å². The zero-order valence-electron chi connectivity index (χ0n) is 21.7. The van der Waals surface area contributed by atoms with Crippen LogP contribution < -0.4 is 0 Å². The Morgan fingerprint density at radius 1 is 0.833 bits per heavy atom. The molecule has 0 aliphatic rings. The molecule has 0 atom stereocenters. The van der Waals surface area contributed by atoms with Gasteiger partial charge in [0.2, 0.25) is 0 Å². The normalized spacial score (nSPS) is 9.61. The quantitative estimate of drug-likeness (QED) is 0.288. The molecule has 0 aromatic heterocycles. The van der Waals surface area contributed by atoms with E-state index in [1.54, 1.807) is 36.4 Å². The number of halogens is 2. The maximum absolute atomic E-state index is 9.20. The van der Waals surface area contributed by atoms with E-state index in [-0.39, 0.29) is 10.8 Å². The van der Waals surface area contributed by atoms with Gasteiger partial charge in [-0.25, -0.2) is 0 Å². The van der Waals surface area contributed by atoms with Gasteiger partial charge in [0.25, 0.3) is 0 Å². The van der Waals surface area contributed by atoms with E-state index in [2.05, 4.69) is 69.7 Å². The number of aliphatic hydroxyl groups is 1. The van der Waals surface area contributed by atoms with Crippen molar-refractivity contribution in [2.75, 3.05) is 0 Å². The smallest absolute Gasteiger partial charge is 0.191 e. The van der Waals surface area contributed by atoms with Crippen molar-refractivity contribution in [3.63, 3.8) is 0 Å². The van der Waals surface area contributed by atoms with Crippen molar-refractivity contribution in [2.24, 2.45) is 11.8 Å². The third-order valence-corrected chi connectivity index (χ3v) is 5.30. The lowest BCUT2D eigenvalue weighted by molar-refractivity contribution is 0.302. The summed E-state index contributed by atoms with van der Waals surface area (Å²) in [5.41, 5.74) is 2.40. The van der Waals surface area contributed by atoms with Gasteiger partial charge < -0.3 is 14.9 Å². The van der Waals surface area contributed by atoms with Gasteiger partial charge in [-0.05, 0) is 94.2 Å². The molecule has 0 saturated carbocycles. The van der Waals surface area contributed by atoms with E-state index in [1.165, 1.54) is 0 Å². The second-order valence-corrected chi connectivity index (χ2v) is 11.0. The Labute approximate surface area is 240 Å². The fourth-order valence-corrected chi connectivity index (χ4v) is 2.82. The largest absolute Gasteiger partial charge is 0.508 e. The summed E-state index contributed by atoms with van der Waals surface area (Å²) < 4.78 is 6.37. The number of aliphatic hydroxyl groups excluding tert-OH is 1. The predicted octanol–water partition coefficient (Wildman–Crippen LogP) is 9.95. The van der Waals surface area contributed by atoms with Gasteiger partial charge in [0.15, 0.2) is 10.1 Å². The molecular formula is C29H36BrClO3S2. The number of aromatic hydroxyl groups is 1. The molecule has 0 saturated heterocycles. The summed E-state index contributed by atoms with van der Waals surface area (Å²) in [7, 11) is 0. The minimum atomic E-state index is -0.0457. The van der Waals surface area contributed by atoms with E-state index in [1.807, 2.05) is 36.4 Å². The summed E-state index contributed by atoms with van der Waals surface area (Å²) >= 11 is 19.0. The fraction of sp³-hybridized carbons (Fsp3) is 0.310. The standard InChI is InChI=1S/C14H10BrClO2S.C7H6OS.2C4H10/c15-12-6-1-9(7-13(12)16)8-18-14(19)10-2-4-11(17)5-3-10;8-7(9)6-4-2-1-3-5-6;2*1-4(2)3/h1-7,17H,8H2;1-5H,(H,8,9);2*4H,1-3H3. The van der Waals surface area contributed by atoms with Crippen LogP contribution in [0.25, 0.3) is 0 Å². The predicted molar refractivity (Wildman–Crippen MR) is 166 cm³/mol. The van der Waals surface area contributed by atoms with Crippen LogP contribution in [0.5, 0.6) is 5.75 Å². The average Bonchev–Trinajstić information content (AvgIpc) is 2.80. The van der Waals surface area contributed by atoms with Crippen LogP contribution in [-0.2, 0) is 11.3 Å². The molecule has 196 valence electrons. The van der Waals surface area contributed by atoms with Crippen molar-refractivity contribution in [1.29, 1.82) is 0 Å². The lowest BCUT2D eigenvalue weighted by Crippen LogP contribution is -2.03. The van der Waals surface area contributed by atoms with Crippen LogP contribution in [0, 0.1) is 11.8 Å². The molecule has 3 nitrogen and oxygen atoms in total. The third-order valence-electron chi connectivity index (χ3n) is 3.48. The van der Waals surface area contributed by atoms with Crippen LogP contribution in [0.1, 0.15) is 58.2 Å². The molecule has 0 aliphatic heterocycles. The van der Waals surface area contributed by atoms with Crippen molar-refractivity contribution in [2.45, 2.75) is 48.1 Å². The van der Waals surface area contributed by atoms with Crippen LogP contribution in [0.4, 0.5) is 0 Å². The van der Waals surface area contributed by atoms with Crippen LogP contribution in [0.2, 0.25) is 5.02 Å². The molecule has 0 heterocycles. The molecule has 0 radical (unpaired) electrons. The molecule has 0 spiro atoms. The zero-order chi connectivity index (χ0) is 27.7. The molecule has 36 heavy (non-hydrogen) atoms. The van der Waals surface area contributed by atoms with E-state index in [9.17, 15) is 5.11 Å². The number of ether oxygens (including phenoxy) is 1. The monoisotopic (exact) mass is 610 g/mol. The first kappa shape index (κ1) is 34.0. The van der Waals surface area contributed by atoms with Crippen molar-refractivity contribution in [3.05, 3.63) is 99.0 Å². The Morgan fingerprint density at radius 3 is 1.75 bits per heavy atom. The van der Waals surface area contributed by atoms with Gasteiger partial charge >= 0.3 is 0 Å². The second-order valence-electron chi connectivity index (χ2n) is 9.01. The van der Waals surface area contributed by atoms with Crippen molar-refractivity contribution in [3.8, 4) is 5.75 Å². The Balaban J connectivity index is 0.000000594. The molecule has 0 bridgehead atoms. The maximum Gasteiger partial charge on any atom is 0.191 e. The van der Waals surface area contributed by atoms with Gasteiger partial charge in [-0.2, -0.15) is 0 Å². The zero-order valence-corrected chi connectivity index (χ0v) is 25.6. The summed E-state index contributed by atoms with van der Waals surface area (Å²) in [6.45, 7) is 13.4.